The minimum absolute atomic E-state index is 0.487. The van der Waals surface area contributed by atoms with Crippen molar-refractivity contribution in [1.29, 1.82) is 5.26 Å². The SMILES string of the molecule is CCC1CCC(C#N)(C(O)C=O)C1. The first-order chi connectivity index (χ1) is 6.18. The highest BCUT2D eigenvalue weighted by Crippen LogP contribution is 2.44. The van der Waals surface area contributed by atoms with Crippen molar-refractivity contribution in [3.8, 4) is 6.07 Å². The van der Waals surface area contributed by atoms with Gasteiger partial charge in [0.25, 0.3) is 0 Å². The number of rotatable bonds is 3. The predicted molar refractivity (Wildman–Crippen MR) is 47.7 cm³/mol. The fourth-order valence-electron chi connectivity index (χ4n) is 2.10. The lowest BCUT2D eigenvalue weighted by Gasteiger charge is -2.22. The van der Waals surface area contributed by atoms with Crippen molar-refractivity contribution < 1.29 is 9.90 Å². The Morgan fingerprint density at radius 2 is 2.54 bits per heavy atom. The minimum Gasteiger partial charge on any atom is -0.384 e. The summed E-state index contributed by atoms with van der Waals surface area (Å²) in [7, 11) is 0. The fourth-order valence-corrected chi connectivity index (χ4v) is 2.10. The van der Waals surface area contributed by atoms with Crippen LogP contribution in [-0.2, 0) is 4.79 Å². The summed E-state index contributed by atoms with van der Waals surface area (Å²) in [5, 5.41) is 18.4. The van der Waals surface area contributed by atoms with Crippen LogP contribution in [0.2, 0.25) is 0 Å². The highest BCUT2D eigenvalue weighted by Gasteiger charge is 2.44. The van der Waals surface area contributed by atoms with Crippen LogP contribution in [0.4, 0.5) is 0 Å². The Bertz CT molecular complexity index is 234. The van der Waals surface area contributed by atoms with Crippen molar-refractivity contribution in [2.24, 2.45) is 11.3 Å². The van der Waals surface area contributed by atoms with Crippen molar-refractivity contribution in [3.05, 3.63) is 0 Å². The molecule has 0 aliphatic heterocycles. The molecule has 0 saturated heterocycles. The molecule has 3 heteroatoms. The molecule has 1 aliphatic rings. The number of hydrogen-bond acceptors (Lipinski definition) is 3. The van der Waals surface area contributed by atoms with E-state index in [1.165, 1.54) is 0 Å². The Labute approximate surface area is 78.4 Å². The zero-order chi connectivity index (χ0) is 9.90. The van der Waals surface area contributed by atoms with Gasteiger partial charge in [0.2, 0.25) is 0 Å². The van der Waals surface area contributed by atoms with E-state index in [9.17, 15) is 9.90 Å². The normalized spacial score (nSPS) is 35.3. The summed E-state index contributed by atoms with van der Waals surface area (Å²) in [6.07, 6.45) is 2.68. The molecule has 0 aromatic carbocycles. The van der Waals surface area contributed by atoms with Gasteiger partial charge in [-0.15, -0.1) is 0 Å². The Morgan fingerprint density at radius 3 is 2.92 bits per heavy atom. The molecule has 1 saturated carbocycles. The summed E-state index contributed by atoms with van der Waals surface area (Å²) in [4.78, 5) is 10.4. The molecule has 1 N–H and O–H groups in total. The molecule has 1 aliphatic carbocycles. The van der Waals surface area contributed by atoms with E-state index in [2.05, 4.69) is 13.0 Å². The summed E-state index contributed by atoms with van der Waals surface area (Å²) in [5.74, 6) is 0.495. The number of aldehydes is 1. The second kappa shape index (κ2) is 3.89. The van der Waals surface area contributed by atoms with E-state index in [1.54, 1.807) is 0 Å². The van der Waals surface area contributed by atoms with E-state index in [-0.39, 0.29) is 0 Å². The maximum atomic E-state index is 10.4. The Hall–Kier alpha value is -0.880. The number of carbonyl (C=O) groups excluding carboxylic acids is 1. The number of nitrogens with zero attached hydrogens (tertiary/aromatic N) is 1. The first-order valence-electron chi connectivity index (χ1n) is 4.73. The van der Waals surface area contributed by atoms with E-state index >= 15 is 0 Å². The van der Waals surface area contributed by atoms with Crippen LogP contribution in [0.15, 0.2) is 0 Å². The predicted octanol–water partition coefficient (Wildman–Crippen LogP) is 1.27. The number of aliphatic hydroxyl groups excluding tert-OH is 1. The van der Waals surface area contributed by atoms with E-state index in [0.29, 0.717) is 25.0 Å². The Balaban J connectivity index is 2.74. The molecule has 72 valence electrons. The molecule has 0 aromatic heterocycles. The second-order valence-electron chi connectivity index (χ2n) is 3.87. The van der Waals surface area contributed by atoms with Gasteiger partial charge in [-0.2, -0.15) is 5.26 Å². The van der Waals surface area contributed by atoms with Crippen LogP contribution in [-0.4, -0.2) is 17.5 Å². The molecule has 0 aromatic rings. The van der Waals surface area contributed by atoms with E-state index in [1.807, 2.05) is 0 Å². The molecule has 3 nitrogen and oxygen atoms in total. The lowest BCUT2D eigenvalue weighted by Crippen LogP contribution is -2.32. The Kier molecular flexibility index (Phi) is 3.05. The van der Waals surface area contributed by atoms with Crippen LogP contribution in [0.3, 0.4) is 0 Å². The summed E-state index contributed by atoms with van der Waals surface area (Å²) < 4.78 is 0. The zero-order valence-corrected chi connectivity index (χ0v) is 7.86. The minimum atomic E-state index is -1.10. The Morgan fingerprint density at radius 1 is 1.85 bits per heavy atom. The van der Waals surface area contributed by atoms with Crippen LogP contribution in [0.25, 0.3) is 0 Å². The van der Waals surface area contributed by atoms with E-state index < -0.39 is 11.5 Å². The third-order valence-corrected chi connectivity index (χ3v) is 3.15. The summed E-state index contributed by atoms with van der Waals surface area (Å²) >= 11 is 0. The van der Waals surface area contributed by atoms with Gasteiger partial charge in [0.05, 0.1) is 11.5 Å². The molecular formula is C10H15NO2. The summed E-state index contributed by atoms with van der Waals surface area (Å²) in [5.41, 5.74) is -0.789. The molecule has 3 unspecified atom stereocenters. The average molecular weight is 181 g/mol. The second-order valence-corrected chi connectivity index (χ2v) is 3.87. The maximum absolute atomic E-state index is 10.4. The molecule has 0 spiro atoms. The third-order valence-electron chi connectivity index (χ3n) is 3.15. The molecule has 0 bridgehead atoms. The highest BCUT2D eigenvalue weighted by molar-refractivity contribution is 5.58. The monoisotopic (exact) mass is 181 g/mol. The van der Waals surface area contributed by atoms with Crippen LogP contribution >= 0.6 is 0 Å². The molecule has 0 amide bonds. The summed E-state index contributed by atoms with van der Waals surface area (Å²) in [6.45, 7) is 2.07. The van der Waals surface area contributed by atoms with Gasteiger partial charge in [-0.05, 0) is 25.2 Å². The first kappa shape index (κ1) is 10.2. The highest BCUT2D eigenvalue weighted by atomic mass is 16.3. The van der Waals surface area contributed by atoms with Gasteiger partial charge < -0.3 is 9.90 Å². The number of nitriles is 1. The van der Waals surface area contributed by atoms with Gasteiger partial charge in [-0.3, -0.25) is 0 Å². The van der Waals surface area contributed by atoms with Gasteiger partial charge in [0, 0.05) is 0 Å². The first-order valence-corrected chi connectivity index (χ1v) is 4.73. The number of aliphatic hydroxyl groups is 1. The fraction of sp³-hybridized carbons (Fsp3) is 0.800. The summed E-state index contributed by atoms with van der Waals surface area (Å²) in [6, 6.07) is 2.11. The van der Waals surface area contributed by atoms with Gasteiger partial charge in [0.15, 0.2) is 0 Å². The van der Waals surface area contributed by atoms with E-state index in [0.717, 1.165) is 12.8 Å². The number of carbonyl (C=O) groups is 1. The standard InChI is InChI=1S/C10H15NO2/c1-2-8-3-4-10(5-8,7-11)9(13)6-12/h6,8-9,13H,2-5H2,1H3. The quantitative estimate of drug-likeness (QED) is 0.667. The van der Waals surface area contributed by atoms with Crippen molar-refractivity contribution in [3.63, 3.8) is 0 Å². The van der Waals surface area contributed by atoms with Crippen LogP contribution in [0.5, 0.6) is 0 Å². The van der Waals surface area contributed by atoms with Crippen LogP contribution < -0.4 is 0 Å². The molecule has 13 heavy (non-hydrogen) atoms. The third kappa shape index (κ3) is 1.73. The maximum Gasteiger partial charge on any atom is 0.150 e. The van der Waals surface area contributed by atoms with Gasteiger partial charge >= 0.3 is 0 Å². The molecule has 1 rings (SSSR count). The van der Waals surface area contributed by atoms with Gasteiger partial charge in [-0.25, -0.2) is 0 Å². The molecular weight excluding hydrogens is 166 g/mol. The molecule has 0 radical (unpaired) electrons. The molecule has 3 atom stereocenters. The number of hydrogen-bond donors (Lipinski definition) is 1. The molecule has 1 fully saturated rings. The van der Waals surface area contributed by atoms with Crippen LogP contribution in [0, 0.1) is 22.7 Å². The lowest BCUT2D eigenvalue weighted by molar-refractivity contribution is -0.119. The van der Waals surface area contributed by atoms with Crippen molar-refractivity contribution in [2.45, 2.75) is 38.7 Å². The van der Waals surface area contributed by atoms with Gasteiger partial charge in [0.1, 0.15) is 12.4 Å². The van der Waals surface area contributed by atoms with Crippen LogP contribution in [0.1, 0.15) is 32.6 Å². The van der Waals surface area contributed by atoms with Crippen molar-refractivity contribution in [2.75, 3.05) is 0 Å². The van der Waals surface area contributed by atoms with Crippen molar-refractivity contribution >= 4 is 6.29 Å². The lowest BCUT2D eigenvalue weighted by atomic mass is 9.81. The zero-order valence-electron chi connectivity index (χ0n) is 7.86. The van der Waals surface area contributed by atoms with Crippen molar-refractivity contribution in [1.82, 2.24) is 0 Å². The average Bonchev–Trinajstić information content (AvgIpc) is 2.61. The topological polar surface area (TPSA) is 61.1 Å². The molecule has 0 heterocycles. The van der Waals surface area contributed by atoms with Gasteiger partial charge in [-0.1, -0.05) is 13.3 Å². The van der Waals surface area contributed by atoms with E-state index in [4.69, 9.17) is 5.26 Å². The largest absolute Gasteiger partial charge is 0.384 e. The smallest absolute Gasteiger partial charge is 0.150 e.